The van der Waals surface area contributed by atoms with E-state index in [2.05, 4.69) is 25.8 Å². The second kappa shape index (κ2) is 3.78. The van der Waals surface area contributed by atoms with E-state index in [-0.39, 0.29) is 5.41 Å². The molecule has 1 aromatic heterocycles. The van der Waals surface area contributed by atoms with Gasteiger partial charge in [0, 0.05) is 11.7 Å². The zero-order chi connectivity index (χ0) is 12.8. The van der Waals surface area contributed by atoms with Gasteiger partial charge in [0.25, 0.3) is 0 Å². The summed E-state index contributed by atoms with van der Waals surface area (Å²) in [4.78, 5) is 4.89. The van der Waals surface area contributed by atoms with Crippen LogP contribution in [0.4, 0.5) is 0 Å². The fraction of sp³-hybridized carbons (Fsp3) is 0.417. The normalized spacial score (nSPS) is 13.2. The SMILES string of the molecule is CC(C)(C)c1nc2ccc(S(C)(=O)=O)cc2s1. The van der Waals surface area contributed by atoms with Crippen molar-refractivity contribution < 1.29 is 8.42 Å². The lowest BCUT2D eigenvalue weighted by molar-refractivity contribution is 0.587. The summed E-state index contributed by atoms with van der Waals surface area (Å²) in [6, 6.07) is 5.10. The van der Waals surface area contributed by atoms with Crippen LogP contribution in [0.25, 0.3) is 10.2 Å². The van der Waals surface area contributed by atoms with Gasteiger partial charge in [-0.25, -0.2) is 13.4 Å². The lowest BCUT2D eigenvalue weighted by Gasteiger charge is -2.13. The quantitative estimate of drug-likeness (QED) is 0.799. The molecule has 0 saturated heterocycles. The summed E-state index contributed by atoms with van der Waals surface area (Å²) in [5.74, 6) is 0. The van der Waals surface area contributed by atoms with Crippen LogP contribution in [0.2, 0.25) is 0 Å². The van der Waals surface area contributed by atoms with E-state index in [9.17, 15) is 8.42 Å². The topological polar surface area (TPSA) is 47.0 Å². The number of fused-ring (bicyclic) bond motifs is 1. The minimum atomic E-state index is -3.14. The van der Waals surface area contributed by atoms with Gasteiger partial charge < -0.3 is 0 Å². The third kappa shape index (κ3) is 2.50. The molecule has 0 fully saturated rings. The molecule has 2 rings (SSSR count). The zero-order valence-electron chi connectivity index (χ0n) is 10.3. The van der Waals surface area contributed by atoms with E-state index < -0.39 is 9.84 Å². The number of nitrogens with zero attached hydrogens (tertiary/aromatic N) is 1. The Labute approximate surface area is 105 Å². The van der Waals surface area contributed by atoms with Crippen LogP contribution in [0.3, 0.4) is 0 Å². The number of hydrogen-bond donors (Lipinski definition) is 0. The summed E-state index contributed by atoms with van der Waals surface area (Å²) in [6.45, 7) is 6.30. The number of rotatable bonds is 1. The average Bonchev–Trinajstić information content (AvgIpc) is 2.57. The van der Waals surface area contributed by atoms with Crippen LogP contribution in [-0.4, -0.2) is 19.7 Å². The van der Waals surface area contributed by atoms with Crippen molar-refractivity contribution in [2.24, 2.45) is 0 Å². The third-order valence-corrected chi connectivity index (χ3v) is 4.98. The molecule has 0 spiro atoms. The highest BCUT2D eigenvalue weighted by Gasteiger charge is 2.19. The van der Waals surface area contributed by atoms with Crippen molar-refractivity contribution >= 4 is 31.4 Å². The molecule has 0 amide bonds. The van der Waals surface area contributed by atoms with Gasteiger partial charge in [0.15, 0.2) is 9.84 Å². The molecule has 17 heavy (non-hydrogen) atoms. The van der Waals surface area contributed by atoms with Crippen LogP contribution < -0.4 is 0 Å². The lowest BCUT2D eigenvalue weighted by Crippen LogP contribution is -2.09. The van der Waals surface area contributed by atoms with E-state index in [1.165, 1.54) is 6.26 Å². The molecule has 1 heterocycles. The molecule has 1 aromatic carbocycles. The van der Waals surface area contributed by atoms with Crippen LogP contribution in [0.1, 0.15) is 25.8 Å². The second-order valence-corrected chi connectivity index (χ2v) is 8.22. The Bertz CT molecular complexity index is 663. The predicted octanol–water partition coefficient (Wildman–Crippen LogP) is 3.00. The molecule has 0 atom stereocenters. The molecule has 0 unspecified atom stereocenters. The fourth-order valence-electron chi connectivity index (χ4n) is 1.46. The van der Waals surface area contributed by atoms with Gasteiger partial charge >= 0.3 is 0 Å². The molecular weight excluding hydrogens is 254 g/mol. The maximum absolute atomic E-state index is 11.5. The molecule has 0 aliphatic carbocycles. The first-order valence-corrected chi connectivity index (χ1v) is 8.00. The van der Waals surface area contributed by atoms with Gasteiger partial charge in [0.05, 0.1) is 20.1 Å². The first-order chi connectivity index (χ1) is 7.68. The van der Waals surface area contributed by atoms with Gasteiger partial charge in [-0.15, -0.1) is 11.3 Å². The number of benzene rings is 1. The van der Waals surface area contributed by atoms with Crippen molar-refractivity contribution in [1.29, 1.82) is 0 Å². The van der Waals surface area contributed by atoms with E-state index in [0.717, 1.165) is 15.2 Å². The van der Waals surface area contributed by atoms with Gasteiger partial charge in [-0.1, -0.05) is 20.8 Å². The standard InChI is InChI=1S/C12H15NO2S2/c1-12(2,3)11-13-9-6-5-8(17(4,14)15)7-10(9)16-11/h5-7H,1-4H3. The maximum atomic E-state index is 11.5. The Morgan fingerprint density at radius 2 is 1.88 bits per heavy atom. The summed E-state index contributed by atoms with van der Waals surface area (Å²) < 4.78 is 23.9. The summed E-state index contributed by atoms with van der Waals surface area (Å²) in [5.41, 5.74) is 0.863. The van der Waals surface area contributed by atoms with E-state index in [1.807, 2.05) is 0 Å². The van der Waals surface area contributed by atoms with Crippen LogP contribution >= 0.6 is 11.3 Å². The molecule has 0 radical (unpaired) electrons. The molecule has 0 saturated carbocycles. The lowest BCUT2D eigenvalue weighted by atomic mass is 9.98. The molecule has 0 N–H and O–H groups in total. The fourth-order valence-corrected chi connectivity index (χ4v) is 3.24. The monoisotopic (exact) mass is 269 g/mol. The zero-order valence-corrected chi connectivity index (χ0v) is 11.9. The molecule has 0 bridgehead atoms. The van der Waals surface area contributed by atoms with E-state index in [1.54, 1.807) is 29.5 Å². The van der Waals surface area contributed by atoms with Crippen molar-refractivity contribution in [2.75, 3.05) is 6.26 Å². The van der Waals surface area contributed by atoms with Crippen molar-refractivity contribution in [1.82, 2.24) is 4.98 Å². The first-order valence-electron chi connectivity index (χ1n) is 5.29. The largest absolute Gasteiger partial charge is 0.241 e. The number of aromatic nitrogens is 1. The second-order valence-electron chi connectivity index (χ2n) is 5.17. The molecule has 5 heteroatoms. The highest BCUT2D eigenvalue weighted by Crippen LogP contribution is 2.32. The van der Waals surface area contributed by atoms with Crippen molar-refractivity contribution in [3.8, 4) is 0 Å². The smallest absolute Gasteiger partial charge is 0.175 e. The van der Waals surface area contributed by atoms with Crippen LogP contribution in [-0.2, 0) is 15.3 Å². The van der Waals surface area contributed by atoms with E-state index in [0.29, 0.717) is 4.90 Å². The van der Waals surface area contributed by atoms with Gasteiger partial charge in [-0.2, -0.15) is 0 Å². The molecule has 92 valence electrons. The minimum absolute atomic E-state index is 0.00502. The Kier molecular flexibility index (Phi) is 2.78. The van der Waals surface area contributed by atoms with Crippen LogP contribution in [0.15, 0.2) is 23.1 Å². The number of hydrogen-bond acceptors (Lipinski definition) is 4. The molecule has 0 aliphatic heterocycles. The van der Waals surface area contributed by atoms with Gasteiger partial charge in [-0.3, -0.25) is 0 Å². The summed E-state index contributed by atoms with van der Waals surface area (Å²) in [7, 11) is -3.14. The van der Waals surface area contributed by atoms with E-state index >= 15 is 0 Å². The molecule has 0 aliphatic rings. The van der Waals surface area contributed by atoms with Crippen molar-refractivity contribution in [2.45, 2.75) is 31.1 Å². The Morgan fingerprint density at radius 3 is 2.41 bits per heavy atom. The van der Waals surface area contributed by atoms with Crippen molar-refractivity contribution in [3.05, 3.63) is 23.2 Å². The average molecular weight is 269 g/mol. The van der Waals surface area contributed by atoms with Gasteiger partial charge in [0.2, 0.25) is 0 Å². The third-order valence-electron chi connectivity index (χ3n) is 2.43. The number of sulfone groups is 1. The predicted molar refractivity (Wildman–Crippen MR) is 71.4 cm³/mol. The minimum Gasteiger partial charge on any atom is -0.241 e. The van der Waals surface area contributed by atoms with Crippen LogP contribution in [0, 0.1) is 0 Å². The Balaban J connectivity index is 2.64. The van der Waals surface area contributed by atoms with Crippen LogP contribution in [0.5, 0.6) is 0 Å². The maximum Gasteiger partial charge on any atom is 0.175 e. The molecule has 2 aromatic rings. The number of thiazole rings is 1. The van der Waals surface area contributed by atoms with E-state index in [4.69, 9.17) is 0 Å². The molecular formula is C12H15NO2S2. The Hall–Kier alpha value is -0.940. The summed E-state index contributed by atoms with van der Waals surface area (Å²) in [5, 5.41) is 1.03. The summed E-state index contributed by atoms with van der Waals surface area (Å²) in [6.07, 6.45) is 1.22. The van der Waals surface area contributed by atoms with Gasteiger partial charge in [-0.05, 0) is 18.2 Å². The van der Waals surface area contributed by atoms with Gasteiger partial charge in [0.1, 0.15) is 0 Å². The highest BCUT2D eigenvalue weighted by molar-refractivity contribution is 7.90. The van der Waals surface area contributed by atoms with Crippen molar-refractivity contribution in [3.63, 3.8) is 0 Å². The first kappa shape index (κ1) is 12.5. The molecule has 3 nitrogen and oxygen atoms in total. The Morgan fingerprint density at radius 1 is 1.24 bits per heavy atom. The summed E-state index contributed by atoms with van der Waals surface area (Å²) >= 11 is 1.56. The highest BCUT2D eigenvalue weighted by atomic mass is 32.2.